The number of alkyl halides is 3. The van der Waals surface area contributed by atoms with Gasteiger partial charge in [0.05, 0.1) is 24.3 Å². The summed E-state index contributed by atoms with van der Waals surface area (Å²) in [4.78, 5) is 20.9. The maximum Gasteiger partial charge on any atom is 0.416 e. The summed E-state index contributed by atoms with van der Waals surface area (Å²) < 4.78 is 45.4. The molecule has 0 unspecified atom stereocenters. The molecule has 2 heterocycles. The third kappa shape index (κ3) is 4.92. The number of halogens is 4. The number of carbonyl (C=O) groups is 1. The van der Waals surface area contributed by atoms with Crippen LogP contribution in [0.1, 0.15) is 40.3 Å². The minimum Gasteiger partial charge on any atom is -0.466 e. The number of hydrogen-bond donors (Lipinski definition) is 1. The highest BCUT2D eigenvalue weighted by atomic mass is 35.5. The molecule has 0 radical (unpaired) electrons. The molecule has 1 amide bonds. The van der Waals surface area contributed by atoms with Crippen LogP contribution >= 0.6 is 11.6 Å². The number of amides is 1. The van der Waals surface area contributed by atoms with Crippen LogP contribution in [0, 0.1) is 11.3 Å². The molecular formula is C19H14ClF3N6O2. The molecule has 2 aromatic heterocycles. The van der Waals surface area contributed by atoms with Crippen molar-refractivity contribution < 1.29 is 22.7 Å². The first-order chi connectivity index (χ1) is 14.6. The van der Waals surface area contributed by atoms with Crippen molar-refractivity contribution in [2.45, 2.75) is 19.1 Å². The third-order valence-electron chi connectivity index (χ3n) is 4.11. The fourth-order valence-electron chi connectivity index (χ4n) is 2.65. The Labute approximate surface area is 179 Å². The Morgan fingerprint density at radius 1 is 1.32 bits per heavy atom. The highest BCUT2D eigenvalue weighted by molar-refractivity contribution is 6.31. The summed E-state index contributed by atoms with van der Waals surface area (Å²) >= 11 is 5.75. The molecule has 0 spiro atoms. The highest BCUT2D eigenvalue weighted by Gasteiger charge is 2.32. The first kappa shape index (κ1) is 22.0. The van der Waals surface area contributed by atoms with Crippen LogP contribution in [-0.2, 0) is 6.18 Å². The number of ether oxygens (including phenoxy) is 1. The van der Waals surface area contributed by atoms with E-state index in [4.69, 9.17) is 21.6 Å². The number of hydrogen-bond acceptors (Lipinski definition) is 6. The number of benzene rings is 1. The van der Waals surface area contributed by atoms with Gasteiger partial charge in [0.2, 0.25) is 0 Å². The molecule has 1 aromatic carbocycles. The van der Waals surface area contributed by atoms with E-state index in [-0.39, 0.29) is 22.4 Å². The van der Waals surface area contributed by atoms with E-state index >= 15 is 0 Å². The quantitative estimate of drug-likeness (QED) is 0.635. The first-order valence-electron chi connectivity index (χ1n) is 8.68. The molecule has 31 heavy (non-hydrogen) atoms. The van der Waals surface area contributed by atoms with Crippen molar-refractivity contribution in [3.05, 3.63) is 64.1 Å². The lowest BCUT2D eigenvalue weighted by Gasteiger charge is -2.15. The van der Waals surface area contributed by atoms with Crippen molar-refractivity contribution in [3.63, 3.8) is 0 Å². The smallest absolute Gasteiger partial charge is 0.416 e. The summed E-state index contributed by atoms with van der Waals surface area (Å²) in [7, 11) is 1.35. The second-order valence-corrected chi connectivity index (χ2v) is 6.74. The van der Waals surface area contributed by atoms with E-state index in [0.717, 1.165) is 12.1 Å². The Morgan fingerprint density at radius 2 is 2.06 bits per heavy atom. The van der Waals surface area contributed by atoms with Gasteiger partial charge in [0.25, 0.3) is 5.91 Å². The van der Waals surface area contributed by atoms with Crippen molar-refractivity contribution in [2.24, 2.45) is 0 Å². The minimum absolute atomic E-state index is 0.00984. The molecule has 3 rings (SSSR count). The zero-order valence-electron chi connectivity index (χ0n) is 16.1. The van der Waals surface area contributed by atoms with Crippen molar-refractivity contribution in [2.75, 3.05) is 7.11 Å². The van der Waals surface area contributed by atoms with Crippen LogP contribution in [0.2, 0.25) is 5.02 Å². The molecule has 0 saturated carbocycles. The minimum atomic E-state index is -4.65. The van der Waals surface area contributed by atoms with E-state index < -0.39 is 23.7 Å². The summed E-state index contributed by atoms with van der Waals surface area (Å²) in [5, 5.41) is 15.4. The van der Waals surface area contributed by atoms with E-state index in [1.54, 1.807) is 6.92 Å². The summed E-state index contributed by atoms with van der Waals surface area (Å²) in [5.41, 5.74) is -0.967. The molecule has 1 atom stereocenters. The van der Waals surface area contributed by atoms with Crippen LogP contribution in [0.25, 0.3) is 5.82 Å². The van der Waals surface area contributed by atoms with Gasteiger partial charge < -0.3 is 10.1 Å². The molecule has 0 aliphatic rings. The van der Waals surface area contributed by atoms with Crippen LogP contribution in [-0.4, -0.2) is 32.8 Å². The number of methoxy groups -OCH3 is 1. The van der Waals surface area contributed by atoms with E-state index in [1.807, 2.05) is 6.07 Å². The lowest BCUT2D eigenvalue weighted by molar-refractivity contribution is -0.137. The molecule has 0 saturated heterocycles. The fraction of sp³-hybridized carbons (Fsp3) is 0.211. The molecule has 160 valence electrons. The Bertz CT molecular complexity index is 1150. The van der Waals surface area contributed by atoms with E-state index in [1.165, 1.54) is 30.1 Å². The molecule has 0 aliphatic carbocycles. The predicted octanol–water partition coefficient (Wildman–Crippen LogP) is 3.71. The van der Waals surface area contributed by atoms with Crippen LogP contribution in [0.3, 0.4) is 0 Å². The maximum absolute atomic E-state index is 13.0. The summed E-state index contributed by atoms with van der Waals surface area (Å²) in [6.07, 6.45) is -3.32. The summed E-state index contributed by atoms with van der Waals surface area (Å²) in [5.74, 6) is -0.282. The molecule has 0 fully saturated rings. The standard InChI is InChI=1S/C19H14ClF3N6O2/c1-10(26-17(30)12-5-13(19(21,22)23)7-14(20)6-12)16-27-18(31-2)28-29(16)15-4-3-11(8-24)9-25-15/h3-7,9-10H,1-2H3,(H,26,30)/t10-/m0/s1. The van der Waals surface area contributed by atoms with Crippen LogP contribution in [0.5, 0.6) is 6.01 Å². The van der Waals surface area contributed by atoms with Gasteiger partial charge in [0, 0.05) is 16.8 Å². The first-order valence-corrected chi connectivity index (χ1v) is 9.06. The Hall–Kier alpha value is -3.65. The Balaban J connectivity index is 1.91. The van der Waals surface area contributed by atoms with Crippen molar-refractivity contribution >= 4 is 17.5 Å². The van der Waals surface area contributed by atoms with Crippen molar-refractivity contribution in [3.8, 4) is 17.9 Å². The van der Waals surface area contributed by atoms with Crippen LogP contribution in [0.15, 0.2) is 36.5 Å². The monoisotopic (exact) mass is 450 g/mol. The third-order valence-corrected chi connectivity index (χ3v) is 4.33. The zero-order chi connectivity index (χ0) is 22.8. The number of nitriles is 1. The van der Waals surface area contributed by atoms with Gasteiger partial charge in [-0.3, -0.25) is 4.79 Å². The van der Waals surface area contributed by atoms with Gasteiger partial charge in [0.15, 0.2) is 11.6 Å². The molecular weight excluding hydrogens is 437 g/mol. The maximum atomic E-state index is 13.0. The summed E-state index contributed by atoms with van der Waals surface area (Å²) in [6, 6.07) is 6.76. The Morgan fingerprint density at radius 3 is 2.65 bits per heavy atom. The number of rotatable bonds is 5. The average Bonchev–Trinajstić information content (AvgIpc) is 3.17. The lowest BCUT2D eigenvalue weighted by Crippen LogP contribution is -2.29. The lowest BCUT2D eigenvalue weighted by atomic mass is 10.1. The largest absolute Gasteiger partial charge is 0.466 e. The second-order valence-electron chi connectivity index (χ2n) is 6.31. The van der Waals surface area contributed by atoms with E-state index in [2.05, 4.69) is 20.4 Å². The van der Waals surface area contributed by atoms with Gasteiger partial charge in [0.1, 0.15) is 6.07 Å². The SMILES string of the molecule is COc1nc([C@H](C)NC(=O)c2cc(Cl)cc(C(F)(F)F)c2)n(-c2ccc(C#N)cn2)n1. The van der Waals surface area contributed by atoms with Crippen LogP contribution < -0.4 is 10.1 Å². The van der Waals surface area contributed by atoms with Gasteiger partial charge in [-0.1, -0.05) is 11.6 Å². The van der Waals surface area contributed by atoms with Gasteiger partial charge in [-0.05, 0) is 37.3 Å². The molecule has 0 aliphatic heterocycles. The summed E-state index contributed by atoms with van der Waals surface area (Å²) in [6.45, 7) is 1.57. The van der Waals surface area contributed by atoms with Crippen molar-refractivity contribution in [1.29, 1.82) is 5.26 Å². The molecule has 0 bridgehead atoms. The second kappa shape index (κ2) is 8.61. The fourth-order valence-corrected chi connectivity index (χ4v) is 2.88. The number of aromatic nitrogens is 4. The van der Waals surface area contributed by atoms with E-state index in [9.17, 15) is 18.0 Å². The molecule has 8 nitrogen and oxygen atoms in total. The number of nitrogens with one attached hydrogen (secondary N) is 1. The zero-order valence-corrected chi connectivity index (χ0v) is 16.9. The van der Waals surface area contributed by atoms with Gasteiger partial charge in [-0.15, -0.1) is 5.10 Å². The average molecular weight is 451 g/mol. The van der Waals surface area contributed by atoms with Crippen molar-refractivity contribution in [1.82, 2.24) is 25.1 Å². The van der Waals surface area contributed by atoms with Crippen LogP contribution in [0.4, 0.5) is 13.2 Å². The van der Waals surface area contributed by atoms with E-state index in [0.29, 0.717) is 17.4 Å². The number of nitrogens with zero attached hydrogens (tertiary/aromatic N) is 5. The Kier molecular flexibility index (Phi) is 6.12. The number of pyridine rings is 1. The molecule has 12 heteroatoms. The topological polar surface area (TPSA) is 106 Å². The highest BCUT2D eigenvalue weighted by Crippen LogP contribution is 2.32. The number of carbonyl (C=O) groups excluding carboxylic acids is 1. The molecule has 1 N–H and O–H groups in total. The van der Waals surface area contributed by atoms with Gasteiger partial charge in [-0.25, -0.2) is 4.98 Å². The van der Waals surface area contributed by atoms with Gasteiger partial charge >= 0.3 is 12.2 Å². The van der Waals surface area contributed by atoms with Gasteiger partial charge in [-0.2, -0.15) is 28.1 Å². The predicted molar refractivity (Wildman–Crippen MR) is 103 cm³/mol. The molecule has 3 aromatic rings. The normalized spacial score (nSPS) is 12.2.